The number of carbonyl (C=O) groups excluding carboxylic acids is 1. The SMILES string of the molecule is CCn1nc(C)c2c1C(=O)NCC(c1cccc(N)c1)=N2. The smallest absolute Gasteiger partial charge is 0.272 e. The van der Waals surface area contributed by atoms with E-state index in [9.17, 15) is 4.79 Å². The number of aliphatic imine (C=N–C) groups is 1. The van der Waals surface area contributed by atoms with Gasteiger partial charge in [-0.1, -0.05) is 12.1 Å². The first-order chi connectivity index (χ1) is 10.1. The number of anilines is 1. The second-order valence-electron chi connectivity index (χ2n) is 4.97. The Morgan fingerprint density at radius 1 is 1.43 bits per heavy atom. The van der Waals surface area contributed by atoms with Gasteiger partial charge >= 0.3 is 0 Å². The molecule has 0 atom stereocenters. The molecule has 0 bridgehead atoms. The van der Waals surface area contributed by atoms with Gasteiger partial charge in [-0.25, -0.2) is 4.99 Å². The second kappa shape index (κ2) is 5.05. The van der Waals surface area contributed by atoms with Crippen LogP contribution in [-0.4, -0.2) is 27.9 Å². The zero-order valence-corrected chi connectivity index (χ0v) is 12.1. The summed E-state index contributed by atoms with van der Waals surface area (Å²) in [5.74, 6) is -0.143. The van der Waals surface area contributed by atoms with Crippen LogP contribution in [0.1, 0.15) is 28.7 Å². The van der Waals surface area contributed by atoms with Crippen LogP contribution in [0.25, 0.3) is 0 Å². The summed E-state index contributed by atoms with van der Waals surface area (Å²) < 4.78 is 1.69. The number of amides is 1. The number of hydrogen-bond acceptors (Lipinski definition) is 4. The molecule has 1 amide bonds. The van der Waals surface area contributed by atoms with Gasteiger partial charge in [0, 0.05) is 12.2 Å². The highest BCUT2D eigenvalue weighted by molar-refractivity contribution is 6.10. The fourth-order valence-electron chi connectivity index (χ4n) is 2.47. The first-order valence-corrected chi connectivity index (χ1v) is 6.89. The van der Waals surface area contributed by atoms with E-state index in [1.165, 1.54) is 0 Å². The Morgan fingerprint density at radius 2 is 2.24 bits per heavy atom. The predicted molar refractivity (Wildman–Crippen MR) is 82.0 cm³/mol. The normalized spacial score (nSPS) is 14.2. The summed E-state index contributed by atoms with van der Waals surface area (Å²) in [7, 11) is 0. The molecule has 3 rings (SSSR count). The van der Waals surface area contributed by atoms with Crippen LogP contribution in [0.15, 0.2) is 29.3 Å². The summed E-state index contributed by atoms with van der Waals surface area (Å²) >= 11 is 0. The quantitative estimate of drug-likeness (QED) is 0.822. The average Bonchev–Trinajstić information content (AvgIpc) is 2.67. The number of rotatable bonds is 2. The highest BCUT2D eigenvalue weighted by Crippen LogP contribution is 2.26. The van der Waals surface area contributed by atoms with Crippen LogP contribution in [-0.2, 0) is 6.54 Å². The Balaban J connectivity index is 2.15. The van der Waals surface area contributed by atoms with E-state index < -0.39 is 0 Å². The van der Waals surface area contributed by atoms with Gasteiger partial charge in [0.1, 0.15) is 5.69 Å². The topological polar surface area (TPSA) is 85.3 Å². The number of carbonyl (C=O) groups is 1. The minimum Gasteiger partial charge on any atom is -0.399 e. The molecule has 0 fully saturated rings. The molecule has 3 N–H and O–H groups in total. The number of fused-ring (bicyclic) bond motifs is 1. The van der Waals surface area contributed by atoms with Gasteiger partial charge in [-0.3, -0.25) is 9.48 Å². The molecular formula is C15H17N5O. The molecule has 2 aromatic rings. The number of nitrogens with one attached hydrogen (secondary N) is 1. The zero-order valence-electron chi connectivity index (χ0n) is 12.1. The van der Waals surface area contributed by atoms with Gasteiger partial charge in [0.25, 0.3) is 5.91 Å². The summed E-state index contributed by atoms with van der Waals surface area (Å²) in [6.07, 6.45) is 0. The number of benzene rings is 1. The van der Waals surface area contributed by atoms with Gasteiger partial charge < -0.3 is 11.1 Å². The molecule has 6 nitrogen and oxygen atoms in total. The van der Waals surface area contributed by atoms with E-state index in [-0.39, 0.29) is 5.91 Å². The minimum atomic E-state index is -0.143. The lowest BCUT2D eigenvalue weighted by molar-refractivity contribution is 0.0950. The van der Waals surface area contributed by atoms with E-state index >= 15 is 0 Å². The van der Waals surface area contributed by atoms with Crippen LogP contribution in [0, 0.1) is 6.92 Å². The average molecular weight is 283 g/mol. The summed E-state index contributed by atoms with van der Waals surface area (Å²) in [5, 5.41) is 7.26. The van der Waals surface area contributed by atoms with Gasteiger partial charge in [-0.05, 0) is 31.5 Å². The Hall–Kier alpha value is -2.63. The zero-order chi connectivity index (χ0) is 15.0. The molecule has 108 valence electrons. The van der Waals surface area contributed by atoms with Crippen LogP contribution in [0.3, 0.4) is 0 Å². The Bertz CT molecular complexity index is 745. The molecule has 1 aliphatic heterocycles. The van der Waals surface area contributed by atoms with Crippen molar-refractivity contribution in [1.29, 1.82) is 0 Å². The van der Waals surface area contributed by atoms with E-state index in [2.05, 4.69) is 15.4 Å². The molecule has 21 heavy (non-hydrogen) atoms. The largest absolute Gasteiger partial charge is 0.399 e. The third-order valence-corrected chi connectivity index (χ3v) is 3.49. The molecule has 1 aliphatic rings. The Morgan fingerprint density at radius 3 is 2.95 bits per heavy atom. The number of nitrogens with zero attached hydrogens (tertiary/aromatic N) is 3. The maximum atomic E-state index is 12.3. The molecule has 1 aromatic heterocycles. The van der Waals surface area contributed by atoms with Crippen molar-refractivity contribution in [3.8, 4) is 0 Å². The molecule has 0 saturated carbocycles. The third-order valence-electron chi connectivity index (χ3n) is 3.49. The van der Waals surface area contributed by atoms with Crippen molar-refractivity contribution in [3.05, 3.63) is 41.2 Å². The monoisotopic (exact) mass is 283 g/mol. The fraction of sp³-hybridized carbons (Fsp3) is 0.267. The minimum absolute atomic E-state index is 0.143. The van der Waals surface area contributed by atoms with Gasteiger partial charge in [-0.2, -0.15) is 5.10 Å². The van der Waals surface area contributed by atoms with Crippen molar-refractivity contribution in [1.82, 2.24) is 15.1 Å². The number of aryl methyl sites for hydroxylation is 2. The molecule has 1 aromatic carbocycles. The highest BCUT2D eigenvalue weighted by atomic mass is 16.2. The molecule has 0 spiro atoms. The molecule has 0 unspecified atom stereocenters. The summed E-state index contributed by atoms with van der Waals surface area (Å²) in [6, 6.07) is 7.50. The highest BCUT2D eigenvalue weighted by Gasteiger charge is 2.24. The van der Waals surface area contributed by atoms with E-state index in [1.807, 2.05) is 38.1 Å². The number of hydrogen-bond donors (Lipinski definition) is 2. The molecular weight excluding hydrogens is 266 g/mol. The predicted octanol–water partition coefficient (Wildman–Crippen LogP) is 1.66. The third kappa shape index (κ3) is 2.29. The van der Waals surface area contributed by atoms with E-state index in [0.29, 0.717) is 30.2 Å². The van der Waals surface area contributed by atoms with Gasteiger partial charge in [0.15, 0.2) is 5.69 Å². The van der Waals surface area contributed by atoms with Gasteiger partial charge in [-0.15, -0.1) is 0 Å². The number of nitrogens with two attached hydrogens (primary N) is 1. The van der Waals surface area contributed by atoms with Crippen LogP contribution in [0.2, 0.25) is 0 Å². The van der Waals surface area contributed by atoms with Crippen molar-refractivity contribution < 1.29 is 4.79 Å². The standard InChI is InChI=1S/C15H17N5O/c1-3-20-14-13(9(2)19-20)18-12(8-17-15(14)21)10-5-4-6-11(16)7-10/h4-7H,3,8,16H2,1-2H3,(H,17,21). The first-order valence-electron chi connectivity index (χ1n) is 6.89. The molecule has 6 heteroatoms. The number of aromatic nitrogens is 2. The van der Waals surface area contributed by atoms with Gasteiger partial charge in [0.05, 0.1) is 18.0 Å². The van der Waals surface area contributed by atoms with E-state index in [4.69, 9.17) is 5.73 Å². The van der Waals surface area contributed by atoms with Crippen molar-refractivity contribution in [3.63, 3.8) is 0 Å². The van der Waals surface area contributed by atoms with Crippen LogP contribution in [0.4, 0.5) is 11.4 Å². The van der Waals surface area contributed by atoms with Crippen LogP contribution in [0.5, 0.6) is 0 Å². The molecule has 0 aliphatic carbocycles. The van der Waals surface area contributed by atoms with Crippen molar-refractivity contribution >= 4 is 23.0 Å². The summed E-state index contributed by atoms with van der Waals surface area (Å²) in [4.78, 5) is 16.9. The molecule has 0 saturated heterocycles. The summed E-state index contributed by atoms with van der Waals surface area (Å²) in [5.41, 5.74) is 10.1. The molecule has 0 radical (unpaired) electrons. The van der Waals surface area contributed by atoms with Crippen molar-refractivity contribution in [2.75, 3.05) is 12.3 Å². The lowest BCUT2D eigenvalue weighted by Crippen LogP contribution is -2.29. The number of nitrogen functional groups attached to an aromatic ring is 1. The fourth-order valence-corrected chi connectivity index (χ4v) is 2.47. The maximum absolute atomic E-state index is 12.3. The molecule has 2 heterocycles. The Kier molecular flexibility index (Phi) is 3.21. The maximum Gasteiger partial charge on any atom is 0.272 e. The second-order valence-corrected chi connectivity index (χ2v) is 4.97. The van der Waals surface area contributed by atoms with Gasteiger partial charge in [0.2, 0.25) is 0 Å². The summed E-state index contributed by atoms with van der Waals surface area (Å²) in [6.45, 7) is 4.82. The van der Waals surface area contributed by atoms with Crippen LogP contribution < -0.4 is 11.1 Å². The van der Waals surface area contributed by atoms with Crippen molar-refractivity contribution in [2.24, 2.45) is 4.99 Å². The first kappa shape index (κ1) is 13.4. The lowest BCUT2D eigenvalue weighted by atomic mass is 10.1. The van der Waals surface area contributed by atoms with E-state index in [0.717, 1.165) is 17.0 Å². The lowest BCUT2D eigenvalue weighted by Gasteiger charge is -2.06. The van der Waals surface area contributed by atoms with Crippen LogP contribution >= 0.6 is 0 Å². The van der Waals surface area contributed by atoms with E-state index in [1.54, 1.807) is 4.68 Å². The van der Waals surface area contributed by atoms with Crippen molar-refractivity contribution in [2.45, 2.75) is 20.4 Å². The Labute approximate surface area is 122 Å².